The molecule has 0 radical (unpaired) electrons. The van der Waals surface area contributed by atoms with Gasteiger partial charge in [-0.2, -0.15) is 0 Å². The van der Waals surface area contributed by atoms with Crippen LogP contribution in [0.3, 0.4) is 0 Å². The van der Waals surface area contributed by atoms with Gasteiger partial charge in [-0.1, -0.05) is 0 Å². The molecule has 1 unspecified atom stereocenters. The second-order valence-corrected chi connectivity index (χ2v) is 3.71. The fraction of sp³-hybridized carbons (Fsp3) is 0.545. The number of ether oxygens (including phenoxy) is 1. The summed E-state index contributed by atoms with van der Waals surface area (Å²) in [6.07, 6.45) is -1.34. The predicted molar refractivity (Wildman–Crippen MR) is 59.1 cm³/mol. The van der Waals surface area contributed by atoms with Crippen molar-refractivity contribution in [3.05, 3.63) is 22.5 Å². The fourth-order valence-electron chi connectivity index (χ4n) is 1.84. The monoisotopic (exact) mass is 228 g/mol. The van der Waals surface area contributed by atoms with Crippen molar-refractivity contribution in [2.45, 2.75) is 20.0 Å². The minimum absolute atomic E-state index is 0.145. The van der Waals surface area contributed by atoms with Crippen molar-refractivity contribution in [1.29, 1.82) is 0 Å². The van der Waals surface area contributed by atoms with Crippen LogP contribution in [0.4, 0.5) is 4.39 Å². The van der Waals surface area contributed by atoms with Crippen LogP contribution in [-0.2, 0) is 11.8 Å². The first-order chi connectivity index (χ1) is 7.45. The number of carbonyl (C=O) groups is 1. The lowest BCUT2D eigenvalue weighted by molar-refractivity contribution is 0.0596. The Balaban J connectivity index is 3.45. The summed E-state index contributed by atoms with van der Waals surface area (Å²) < 4.78 is 20.2. The minimum atomic E-state index is -1.34. The van der Waals surface area contributed by atoms with Gasteiger partial charge in [0.2, 0.25) is 0 Å². The Morgan fingerprint density at radius 2 is 2.06 bits per heavy atom. The summed E-state index contributed by atoms with van der Waals surface area (Å²) in [4.78, 5) is 11.6. The van der Waals surface area contributed by atoms with Crippen molar-refractivity contribution in [3.63, 3.8) is 0 Å². The Morgan fingerprint density at radius 3 is 2.50 bits per heavy atom. The number of methoxy groups -OCH3 is 1. The van der Waals surface area contributed by atoms with Gasteiger partial charge in [0.15, 0.2) is 0 Å². The van der Waals surface area contributed by atoms with Crippen LogP contribution in [0.25, 0.3) is 0 Å². The quantitative estimate of drug-likeness (QED) is 0.795. The van der Waals surface area contributed by atoms with Gasteiger partial charge in [0.1, 0.15) is 6.17 Å². The van der Waals surface area contributed by atoms with Crippen molar-refractivity contribution in [1.82, 2.24) is 4.57 Å². The topological polar surface area (TPSA) is 57.2 Å². The maximum absolute atomic E-state index is 13.7. The van der Waals surface area contributed by atoms with Crippen molar-refractivity contribution in [2.75, 3.05) is 13.7 Å². The van der Waals surface area contributed by atoms with Gasteiger partial charge in [-0.05, 0) is 13.8 Å². The first-order valence-corrected chi connectivity index (χ1v) is 5.03. The zero-order chi connectivity index (χ0) is 12.5. The lowest BCUT2D eigenvalue weighted by atomic mass is 10.0. The number of rotatable bonds is 3. The lowest BCUT2D eigenvalue weighted by Crippen LogP contribution is -2.13. The molecule has 90 valence electrons. The Kier molecular flexibility index (Phi) is 3.70. The van der Waals surface area contributed by atoms with E-state index in [9.17, 15) is 9.18 Å². The van der Waals surface area contributed by atoms with Crippen molar-refractivity contribution in [3.8, 4) is 0 Å². The standard InChI is InChI=1S/C11H17FN2O2/c1-6-9(8(12)5-13)10(11(15)16-4)7(2)14(6)3/h8H,5,13H2,1-4H3. The molecule has 1 aromatic rings. The molecule has 0 amide bonds. The number of carbonyl (C=O) groups excluding carboxylic acids is 1. The third-order valence-electron chi connectivity index (χ3n) is 2.94. The van der Waals surface area contributed by atoms with E-state index in [1.807, 2.05) is 0 Å². The lowest BCUT2D eigenvalue weighted by Gasteiger charge is -2.08. The molecule has 1 atom stereocenters. The maximum Gasteiger partial charge on any atom is 0.340 e. The van der Waals surface area contributed by atoms with Crippen LogP contribution in [0.2, 0.25) is 0 Å². The highest BCUT2D eigenvalue weighted by Crippen LogP contribution is 2.29. The zero-order valence-corrected chi connectivity index (χ0v) is 10.0. The summed E-state index contributed by atoms with van der Waals surface area (Å²) in [5, 5.41) is 0. The number of nitrogens with zero attached hydrogens (tertiary/aromatic N) is 1. The molecule has 0 fully saturated rings. The van der Waals surface area contributed by atoms with Gasteiger partial charge < -0.3 is 15.0 Å². The summed E-state index contributed by atoms with van der Waals surface area (Å²) in [6, 6.07) is 0. The summed E-state index contributed by atoms with van der Waals surface area (Å²) in [5.41, 5.74) is 7.34. The van der Waals surface area contributed by atoms with E-state index in [-0.39, 0.29) is 6.54 Å². The number of nitrogens with two attached hydrogens (primary N) is 1. The molecular formula is C11H17FN2O2. The van der Waals surface area contributed by atoms with E-state index >= 15 is 0 Å². The van der Waals surface area contributed by atoms with E-state index in [4.69, 9.17) is 5.73 Å². The van der Waals surface area contributed by atoms with Crippen LogP contribution in [0.5, 0.6) is 0 Å². The Labute approximate surface area is 94.2 Å². The average Bonchev–Trinajstić information content (AvgIpc) is 2.51. The first-order valence-electron chi connectivity index (χ1n) is 5.03. The number of hydrogen-bond acceptors (Lipinski definition) is 3. The molecule has 0 saturated carbocycles. The van der Waals surface area contributed by atoms with Gasteiger partial charge in [-0.25, -0.2) is 9.18 Å². The van der Waals surface area contributed by atoms with Gasteiger partial charge in [0, 0.05) is 30.5 Å². The number of hydrogen-bond donors (Lipinski definition) is 1. The molecule has 0 aromatic carbocycles. The molecule has 4 nitrogen and oxygen atoms in total. The van der Waals surface area contributed by atoms with Crippen LogP contribution in [-0.4, -0.2) is 24.2 Å². The summed E-state index contributed by atoms with van der Waals surface area (Å²) >= 11 is 0. The number of aromatic nitrogens is 1. The third-order valence-corrected chi connectivity index (χ3v) is 2.94. The van der Waals surface area contributed by atoms with Gasteiger partial charge in [0.05, 0.1) is 12.7 Å². The first kappa shape index (κ1) is 12.7. The van der Waals surface area contributed by atoms with Gasteiger partial charge in [-0.3, -0.25) is 0 Å². The van der Waals surface area contributed by atoms with E-state index in [2.05, 4.69) is 4.74 Å². The van der Waals surface area contributed by atoms with Gasteiger partial charge in [-0.15, -0.1) is 0 Å². The highest BCUT2D eigenvalue weighted by atomic mass is 19.1. The third kappa shape index (κ3) is 1.82. The minimum Gasteiger partial charge on any atom is -0.465 e. The van der Waals surface area contributed by atoms with E-state index in [1.165, 1.54) is 7.11 Å². The normalized spacial score (nSPS) is 12.6. The molecule has 1 heterocycles. The van der Waals surface area contributed by atoms with Crippen molar-refractivity contribution >= 4 is 5.97 Å². The van der Waals surface area contributed by atoms with Crippen molar-refractivity contribution in [2.24, 2.45) is 12.8 Å². The number of esters is 1. The number of halogens is 1. The Morgan fingerprint density at radius 1 is 1.50 bits per heavy atom. The molecule has 16 heavy (non-hydrogen) atoms. The number of alkyl halides is 1. The predicted octanol–water partition coefficient (Wildman–Crippen LogP) is 1.40. The molecule has 0 aliphatic rings. The van der Waals surface area contributed by atoms with Crippen LogP contribution >= 0.6 is 0 Å². The largest absolute Gasteiger partial charge is 0.465 e. The van der Waals surface area contributed by atoms with Crippen LogP contribution < -0.4 is 5.73 Å². The van der Waals surface area contributed by atoms with Gasteiger partial charge >= 0.3 is 5.97 Å². The summed E-state index contributed by atoms with van der Waals surface area (Å²) in [5.74, 6) is -0.521. The average molecular weight is 228 g/mol. The Hall–Kier alpha value is -1.36. The molecule has 0 aliphatic heterocycles. The second kappa shape index (κ2) is 4.65. The molecular weight excluding hydrogens is 211 g/mol. The van der Waals surface area contributed by atoms with E-state index in [0.717, 1.165) is 0 Å². The molecule has 0 saturated heterocycles. The smallest absolute Gasteiger partial charge is 0.340 e. The summed E-state index contributed by atoms with van der Waals surface area (Å²) in [7, 11) is 3.06. The highest BCUT2D eigenvalue weighted by molar-refractivity contribution is 5.93. The van der Waals surface area contributed by atoms with Crippen molar-refractivity contribution < 1.29 is 13.9 Å². The molecule has 0 bridgehead atoms. The van der Waals surface area contributed by atoms with Crippen LogP contribution in [0.15, 0.2) is 0 Å². The highest BCUT2D eigenvalue weighted by Gasteiger charge is 2.27. The van der Waals surface area contributed by atoms with E-state index < -0.39 is 12.1 Å². The van der Waals surface area contributed by atoms with Crippen LogP contribution in [0, 0.1) is 13.8 Å². The Bertz CT molecular complexity index is 413. The maximum atomic E-state index is 13.7. The molecule has 1 aromatic heterocycles. The molecule has 2 N–H and O–H groups in total. The molecule has 0 spiro atoms. The zero-order valence-electron chi connectivity index (χ0n) is 10.0. The van der Waals surface area contributed by atoms with E-state index in [1.54, 1.807) is 25.5 Å². The van der Waals surface area contributed by atoms with Gasteiger partial charge in [0.25, 0.3) is 0 Å². The fourth-order valence-corrected chi connectivity index (χ4v) is 1.84. The van der Waals surface area contributed by atoms with Crippen LogP contribution in [0.1, 0.15) is 33.5 Å². The molecule has 0 aliphatic carbocycles. The van der Waals surface area contributed by atoms with E-state index in [0.29, 0.717) is 22.5 Å². The molecule has 1 rings (SSSR count). The second-order valence-electron chi connectivity index (χ2n) is 3.71. The molecule has 5 heteroatoms. The summed E-state index contributed by atoms with van der Waals surface area (Å²) in [6.45, 7) is 3.37. The SMILES string of the molecule is COC(=O)c1c(C(F)CN)c(C)n(C)c1C.